The molecule has 1 rings (SSSR count). The Morgan fingerprint density at radius 2 is 2.00 bits per heavy atom. The molecule has 20 heavy (non-hydrogen) atoms. The van der Waals surface area contributed by atoms with Crippen molar-refractivity contribution in [1.82, 2.24) is 4.90 Å². The third-order valence-electron chi connectivity index (χ3n) is 2.95. The summed E-state index contributed by atoms with van der Waals surface area (Å²) in [5, 5.41) is 3.67. The second-order valence-electron chi connectivity index (χ2n) is 4.71. The average Bonchev–Trinajstić information content (AvgIpc) is 2.33. The fraction of sp³-hybridized carbons (Fsp3) is 0.462. The van der Waals surface area contributed by atoms with Crippen LogP contribution in [-0.4, -0.2) is 40.2 Å². The number of nitrogens with zero attached hydrogens (tertiary/aromatic N) is 1. The van der Waals surface area contributed by atoms with Gasteiger partial charge in [-0.1, -0.05) is 23.2 Å². The number of aryl methyl sites for hydroxylation is 1. The zero-order valence-corrected chi connectivity index (χ0v) is 14.2. The number of amides is 2. The van der Waals surface area contributed by atoms with E-state index in [1.807, 2.05) is 13.8 Å². The van der Waals surface area contributed by atoms with E-state index in [9.17, 15) is 9.00 Å². The van der Waals surface area contributed by atoms with Crippen molar-refractivity contribution < 1.29 is 9.00 Å². The molecule has 112 valence electrons. The Labute approximate surface area is 131 Å². The van der Waals surface area contributed by atoms with Gasteiger partial charge in [-0.2, -0.15) is 0 Å². The SMILES string of the molecule is Cc1cc(Cl)c(NC(=O)N(C)[C@@H](C)C[S@@](C)=O)cc1Cl. The Hall–Kier alpha value is -0.780. The summed E-state index contributed by atoms with van der Waals surface area (Å²) in [5.74, 6) is 0.423. The summed E-state index contributed by atoms with van der Waals surface area (Å²) in [6, 6.07) is 2.86. The molecule has 0 saturated heterocycles. The zero-order chi connectivity index (χ0) is 15.4. The lowest BCUT2D eigenvalue weighted by molar-refractivity contribution is 0.212. The monoisotopic (exact) mass is 336 g/mol. The number of halogens is 2. The van der Waals surface area contributed by atoms with Gasteiger partial charge < -0.3 is 10.2 Å². The first kappa shape index (κ1) is 17.3. The molecule has 0 fully saturated rings. The molecule has 2 amide bonds. The Balaban J connectivity index is 2.80. The van der Waals surface area contributed by atoms with Crippen LogP contribution in [0.3, 0.4) is 0 Å². The van der Waals surface area contributed by atoms with Crippen molar-refractivity contribution in [2.24, 2.45) is 0 Å². The molecule has 2 atom stereocenters. The number of benzene rings is 1. The average molecular weight is 337 g/mol. The number of nitrogens with one attached hydrogen (secondary N) is 1. The van der Waals surface area contributed by atoms with Gasteiger partial charge in [0.15, 0.2) is 0 Å². The van der Waals surface area contributed by atoms with Crippen LogP contribution in [0.5, 0.6) is 0 Å². The van der Waals surface area contributed by atoms with Crippen LogP contribution < -0.4 is 5.32 Å². The number of urea groups is 1. The smallest absolute Gasteiger partial charge is 0.321 e. The van der Waals surface area contributed by atoms with Crippen LogP contribution in [0.4, 0.5) is 10.5 Å². The fourth-order valence-electron chi connectivity index (χ4n) is 1.60. The van der Waals surface area contributed by atoms with E-state index < -0.39 is 10.8 Å². The van der Waals surface area contributed by atoms with E-state index >= 15 is 0 Å². The van der Waals surface area contributed by atoms with E-state index in [-0.39, 0.29) is 12.1 Å². The number of anilines is 1. The van der Waals surface area contributed by atoms with Gasteiger partial charge in [0, 0.05) is 40.9 Å². The van der Waals surface area contributed by atoms with Crippen molar-refractivity contribution in [2.75, 3.05) is 24.4 Å². The van der Waals surface area contributed by atoms with Crippen LogP contribution in [0.2, 0.25) is 10.0 Å². The highest BCUT2D eigenvalue weighted by Gasteiger charge is 2.18. The highest BCUT2D eigenvalue weighted by atomic mass is 35.5. The Kier molecular flexibility index (Phi) is 6.30. The molecular formula is C13H18Cl2N2O2S. The Bertz CT molecular complexity index is 537. The normalized spacial score (nSPS) is 13.7. The molecule has 0 spiro atoms. The largest absolute Gasteiger partial charge is 0.324 e. The van der Waals surface area contributed by atoms with Crippen LogP contribution in [0.25, 0.3) is 0 Å². The first-order valence-electron chi connectivity index (χ1n) is 6.01. The van der Waals surface area contributed by atoms with E-state index in [0.717, 1.165) is 5.56 Å². The Morgan fingerprint density at radius 3 is 2.55 bits per heavy atom. The van der Waals surface area contributed by atoms with Crippen LogP contribution >= 0.6 is 23.2 Å². The summed E-state index contributed by atoms with van der Waals surface area (Å²) in [7, 11) is 0.690. The van der Waals surface area contributed by atoms with Gasteiger partial charge in [-0.15, -0.1) is 0 Å². The molecule has 0 aliphatic rings. The van der Waals surface area contributed by atoms with Gasteiger partial charge in [0.1, 0.15) is 0 Å². The fourth-order valence-corrected chi connectivity index (χ4v) is 2.93. The van der Waals surface area contributed by atoms with Crippen molar-refractivity contribution in [2.45, 2.75) is 19.9 Å². The standard InChI is InChI=1S/C13H18Cl2N2O2S/c1-8-5-11(15)12(6-10(8)14)16-13(18)17(3)9(2)7-20(4)19/h5-6,9H,7H2,1-4H3,(H,16,18)/t9-,20+/m0/s1. The van der Waals surface area contributed by atoms with E-state index in [4.69, 9.17) is 23.2 Å². The molecular weight excluding hydrogens is 319 g/mol. The van der Waals surface area contributed by atoms with Gasteiger partial charge in [-0.25, -0.2) is 4.79 Å². The van der Waals surface area contributed by atoms with Gasteiger partial charge in [0.05, 0.1) is 10.7 Å². The molecule has 0 heterocycles. The molecule has 0 unspecified atom stereocenters. The molecule has 0 aliphatic carbocycles. The van der Waals surface area contributed by atoms with Crippen LogP contribution in [0.15, 0.2) is 12.1 Å². The predicted molar refractivity (Wildman–Crippen MR) is 86.4 cm³/mol. The molecule has 1 N–H and O–H groups in total. The summed E-state index contributed by atoms with van der Waals surface area (Å²) in [6.45, 7) is 3.68. The summed E-state index contributed by atoms with van der Waals surface area (Å²) >= 11 is 12.1. The van der Waals surface area contributed by atoms with Gasteiger partial charge in [0.2, 0.25) is 0 Å². The lowest BCUT2D eigenvalue weighted by atomic mass is 10.2. The van der Waals surface area contributed by atoms with Crippen molar-refractivity contribution in [3.8, 4) is 0 Å². The Morgan fingerprint density at radius 1 is 1.40 bits per heavy atom. The van der Waals surface area contributed by atoms with Crippen LogP contribution in [0.1, 0.15) is 12.5 Å². The predicted octanol–water partition coefficient (Wildman–Crippen LogP) is 3.53. The second kappa shape index (κ2) is 7.29. The van der Waals surface area contributed by atoms with Crippen LogP contribution in [0, 0.1) is 6.92 Å². The maximum Gasteiger partial charge on any atom is 0.321 e. The lowest BCUT2D eigenvalue weighted by Crippen LogP contribution is -2.41. The lowest BCUT2D eigenvalue weighted by Gasteiger charge is -2.24. The van der Waals surface area contributed by atoms with Crippen LogP contribution in [-0.2, 0) is 10.8 Å². The number of carbonyl (C=O) groups excluding carboxylic acids is 1. The maximum absolute atomic E-state index is 12.1. The number of rotatable bonds is 4. The molecule has 0 aliphatic heterocycles. The number of carbonyl (C=O) groups is 1. The van der Waals surface area contributed by atoms with E-state index in [1.54, 1.807) is 25.4 Å². The minimum atomic E-state index is -0.959. The highest BCUT2D eigenvalue weighted by Crippen LogP contribution is 2.29. The molecule has 0 radical (unpaired) electrons. The summed E-state index contributed by atoms with van der Waals surface area (Å²) < 4.78 is 11.2. The summed E-state index contributed by atoms with van der Waals surface area (Å²) in [5.41, 5.74) is 1.31. The molecule has 0 saturated carbocycles. The van der Waals surface area contributed by atoms with Gasteiger partial charge >= 0.3 is 6.03 Å². The van der Waals surface area contributed by atoms with E-state index in [0.29, 0.717) is 21.5 Å². The van der Waals surface area contributed by atoms with Gasteiger partial charge in [-0.3, -0.25) is 4.21 Å². The van der Waals surface area contributed by atoms with Gasteiger partial charge in [-0.05, 0) is 31.5 Å². The summed E-state index contributed by atoms with van der Waals surface area (Å²) in [4.78, 5) is 13.6. The molecule has 0 aromatic heterocycles. The third-order valence-corrected chi connectivity index (χ3v) is 4.62. The van der Waals surface area contributed by atoms with Gasteiger partial charge in [0.25, 0.3) is 0 Å². The molecule has 0 bridgehead atoms. The quantitative estimate of drug-likeness (QED) is 0.914. The topological polar surface area (TPSA) is 49.4 Å². The minimum absolute atomic E-state index is 0.138. The zero-order valence-electron chi connectivity index (χ0n) is 11.9. The number of hydrogen-bond donors (Lipinski definition) is 1. The first-order chi connectivity index (χ1) is 9.22. The molecule has 1 aromatic carbocycles. The van der Waals surface area contributed by atoms with E-state index in [2.05, 4.69) is 5.32 Å². The third kappa shape index (κ3) is 4.65. The van der Waals surface area contributed by atoms with E-state index in [1.165, 1.54) is 4.90 Å². The molecule has 4 nitrogen and oxygen atoms in total. The maximum atomic E-state index is 12.1. The first-order valence-corrected chi connectivity index (χ1v) is 8.50. The molecule has 1 aromatic rings. The minimum Gasteiger partial charge on any atom is -0.324 e. The van der Waals surface area contributed by atoms with Crippen molar-refractivity contribution in [1.29, 1.82) is 0 Å². The summed E-state index contributed by atoms with van der Waals surface area (Å²) in [6.07, 6.45) is 1.61. The van der Waals surface area contributed by atoms with Crippen molar-refractivity contribution in [3.63, 3.8) is 0 Å². The highest BCUT2D eigenvalue weighted by molar-refractivity contribution is 7.84. The van der Waals surface area contributed by atoms with Crippen molar-refractivity contribution >= 4 is 45.7 Å². The second-order valence-corrected chi connectivity index (χ2v) is 7.01. The number of hydrogen-bond acceptors (Lipinski definition) is 2. The van der Waals surface area contributed by atoms with Crippen molar-refractivity contribution in [3.05, 3.63) is 27.7 Å². The molecule has 7 heteroatoms.